The van der Waals surface area contributed by atoms with Gasteiger partial charge in [-0.15, -0.1) is 0 Å². The third kappa shape index (κ3) is 6.39. The fourth-order valence-electron chi connectivity index (χ4n) is 2.82. The molecule has 1 unspecified atom stereocenters. The van der Waals surface area contributed by atoms with Gasteiger partial charge in [-0.25, -0.2) is 0 Å². The van der Waals surface area contributed by atoms with E-state index in [0.717, 1.165) is 12.8 Å². The van der Waals surface area contributed by atoms with Crippen molar-refractivity contribution >= 4 is 5.91 Å². The Morgan fingerprint density at radius 3 is 2.44 bits per heavy atom. The molecule has 1 saturated carbocycles. The predicted molar refractivity (Wildman–Crippen MR) is 74.4 cm³/mol. The van der Waals surface area contributed by atoms with Crippen molar-refractivity contribution in [3.05, 3.63) is 0 Å². The van der Waals surface area contributed by atoms with Gasteiger partial charge in [0.2, 0.25) is 5.91 Å². The van der Waals surface area contributed by atoms with Crippen LogP contribution in [0.25, 0.3) is 0 Å². The molecule has 1 amide bonds. The third-order valence-corrected chi connectivity index (χ3v) is 3.90. The van der Waals surface area contributed by atoms with Crippen molar-refractivity contribution < 1.29 is 9.90 Å². The molecular formula is C15H29NO2. The van der Waals surface area contributed by atoms with Gasteiger partial charge in [0.05, 0.1) is 5.60 Å². The highest BCUT2D eigenvalue weighted by Crippen LogP contribution is 2.25. The molecule has 1 atom stereocenters. The molecule has 106 valence electrons. The summed E-state index contributed by atoms with van der Waals surface area (Å²) in [6.07, 6.45) is 9.88. The normalized spacial score (nSPS) is 21.1. The molecule has 1 aliphatic carbocycles. The lowest BCUT2D eigenvalue weighted by atomic mass is 9.96. The average Bonchev–Trinajstić information content (AvgIpc) is 2.55. The van der Waals surface area contributed by atoms with Gasteiger partial charge in [-0.1, -0.05) is 39.0 Å². The van der Waals surface area contributed by atoms with Gasteiger partial charge in [-0.2, -0.15) is 0 Å². The van der Waals surface area contributed by atoms with E-state index < -0.39 is 5.60 Å². The van der Waals surface area contributed by atoms with Crippen LogP contribution in [0.3, 0.4) is 0 Å². The highest BCUT2D eigenvalue weighted by atomic mass is 16.3. The SMILES string of the molecule is CCCC(C)(O)CNC(=O)CC1CCCCCC1. The summed E-state index contributed by atoms with van der Waals surface area (Å²) in [5.74, 6) is 0.668. The van der Waals surface area contributed by atoms with E-state index in [9.17, 15) is 9.90 Å². The fraction of sp³-hybridized carbons (Fsp3) is 0.933. The zero-order valence-electron chi connectivity index (χ0n) is 12.0. The maximum absolute atomic E-state index is 11.9. The highest BCUT2D eigenvalue weighted by Gasteiger charge is 2.21. The van der Waals surface area contributed by atoms with Gasteiger partial charge in [0.15, 0.2) is 0 Å². The number of rotatable bonds is 6. The molecular weight excluding hydrogens is 226 g/mol. The molecule has 2 N–H and O–H groups in total. The highest BCUT2D eigenvalue weighted by molar-refractivity contribution is 5.76. The summed E-state index contributed by atoms with van der Waals surface area (Å²) in [4.78, 5) is 11.9. The molecule has 1 rings (SSSR count). The first-order valence-electron chi connectivity index (χ1n) is 7.52. The number of carbonyl (C=O) groups excluding carboxylic acids is 1. The second kappa shape index (κ2) is 7.78. The van der Waals surface area contributed by atoms with Crippen LogP contribution in [0.1, 0.15) is 71.6 Å². The van der Waals surface area contributed by atoms with E-state index in [2.05, 4.69) is 5.32 Å². The molecule has 3 nitrogen and oxygen atoms in total. The number of hydrogen-bond acceptors (Lipinski definition) is 2. The average molecular weight is 255 g/mol. The van der Waals surface area contributed by atoms with Crippen molar-refractivity contribution in [2.75, 3.05) is 6.54 Å². The molecule has 0 bridgehead atoms. The molecule has 3 heteroatoms. The molecule has 0 heterocycles. The standard InChI is InChI=1S/C15H29NO2/c1-3-10-15(2,18)12-16-14(17)11-13-8-6-4-5-7-9-13/h13,18H,3-12H2,1-2H3,(H,16,17). The van der Waals surface area contributed by atoms with E-state index in [1.54, 1.807) is 6.92 Å². The van der Waals surface area contributed by atoms with Crippen LogP contribution in [0.15, 0.2) is 0 Å². The second-order valence-corrected chi connectivity index (χ2v) is 6.09. The Balaban J connectivity index is 2.24. The summed E-state index contributed by atoms with van der Waals surface area (Å²) in [6, 6.07) is 0. The van der Waals surface area contributed by atoms with Crippen molar-refractivity contribution in [1.82, 2.24) is 5.32 Å². The number of nitrogens with one attached hydrogen (secondary N) is 1. The minimum absolute atomic E-state index is 0.110. The minimum Gasteiger partial charge on any atom is -0.388 e. The molecule has 0 radical (unpaired) electrons. The van der Waals surface area contributed by atoms with Gasteiger partial charge in [-0.3, -0.25) is 4.79 Å². The smallest absolute Gasteiger partial charge is 0.220 e. The zero-order valence-corrected chi connectivity index (χ0v) is 12.0. The fourth-order valence-corrected chi connectivity index (χ4v) is 2.82. The first kappa shape index (κ1) is 15.5. The van der Waals surface area contributed by atoms with Crippen LogP contribution in [-0.2, 0) is 4.79 Å². The second-order valence-electron chi connectivity index (χ2n) is 6.09. The lowest BCUT2D eigenvalue weighted by Crippen LogP contribution is -2.40. The molecule has 1 aliphatic rings. The molecule has 0 spiro atoms. The van der Waals surface area contributed by atoms with Crippen molar-refractivity contribution in [2.24, 2.45) is 5.92 Å². The topological polar surface area (TPSA) is 49.3 Å². The van der Waals surface area contributed by atoms with E-state index in [1.807, 2.05) is 6.92 Å². The quantitative estimate of drug-likeness (QED) is 0.717. The van der Waals surface area contributed by atoms with Crippen LogP contribution in [0.5, 0.6) is 0 Å². The van der Waals surface area contributed by atoms with Gasteiger partial charge in [0.25, 0.3) is 0 Å². The Hall–Kier alpha value is -0.570. The van der Waals surface area contributed by atoms with Crippen LogP contribution < -0.4 is 5.32 Å². The zero-order chi connectivity index (χ0) is 13.4. The predicted octanol–water partition coefficient (Wildman–Crippen LogP) is 3.01. The van der Waals surface area contributed by atoms with Crippen LogP contribution in [-0.4, -0.2) is 23.2 Å². The summed E-state index contributed by atoms with van der Waals surface area (Å²) < 4.78 is 0. The van der Waals surface area contributed by atoms with Gasteiger partial charge in [0, 0.05) is 13.0 Å². The van der Waals surface area contributed by atoms with Crippen LogP contribution in [0.2, 0.25) is 0 Å². The molecule has 0 aromatic heterocycles. The molecule has 0 saturated heterocycles. The summed E-state index contributed by atoms with van der Waals surface area (Å²) >= 11 is 0. The van der Waals surface area contributed by atoms with Crippen molar-refractivity contribution in [3.8, 4) is 0 Å². The Morgan fingerprint density at radius 1 is 1.28 bits per heavy atom. The Morgan fingerprint density at radius 2 is 1.89 bits per heavy atom. The first-order chi connectivity index (χ1) is 8.53. The Kier molecular flexibility index (Phi) is 6.69. The van der Waals surface area contributed by atoms with E-state index in [1.165, 1.54) is 38.5 Å². The molecule has 0 aromatic rings. The van der Waals surface area contributed by atoms with Crippen LogP contribution in [0.4, 0.5) is 0 Å². The number of aliphatic hydroxyl groups is 1. The molecule has 1 fully saturated rings. The van der Waals surface area contributed by atoms with Gasteiger partial charge < -0.3 is 10.4 Å². The lowest BCUT2D eigenvalue weighted by molar-refractivity contribution is -0.123. The Labute approximate surface area is 111 Å². The summed E-state index contributed by atoms with van der Waals surface area (Å²) in [7, 11) is 0. The summed E-state index contributed by atoms with van der Waals surface area (Å²) in [6.45, 7) is 4.22. The Bertz CT molecular complexity index is 243. The van der Waals surface area contributed by atoms with Crippen LogP contribution in [0, 0.1) is 5.92 Å². The lowest BCUT2D eigenvalue weighted by Gasteiger charge is -2.23. The number of hydrogen-bond donors (Lipinski definition) is 2. The summed E-state index contributed by atoms with van der Waals surface area (Å²) in [5, 5.41) is 12.9. The van der Waals surface area contributed by atoms with Gasteiger partial charge in [0.1, 0.15) is 0 Å². The number of carbonyl (C=O) groups is 1. The van der Waals surface area contributed by atoms with E-state index in [4.69, 9.17) is 0 Å². The molecule has 0 aliphatic heterocycles. The number of amides is 1. The first-order valence-corrected chi connectivity index (χ1v) is 7.52. The monoisotopic (exact) mass is 255 g/mol. The van der Waals surface area contributed by atoms with Gasteiger partial charge >= 0.3 is 0 Å². The van der Waals surface area contributed by atoms with Crippen molar-refractivity contribution in [1.29, 1.82) is 0 Å². The maximum Gasteiger partial charge on any atom is 0.220 e. The third-order valence-electron chi connectivity index (χ3n) is 3.90. The maximum atomic E-state index is 11.9. The van der Waals surface area contributed by atoms with E-state index in [0.29, 0.717) is 18.9 Å². The molecule has 18 heavy (non-hydrogen) atoms. The van der Waals surface area contributed by atoms with E-state index >= 15 is 0 Å². The summed E-state index contributed by atoms with van der Waals surface area (Å²) in [5.41, 5.74) is -0.756. The van der Waals surface area contributed by atoms with Crippen molar-refractivity contribution in [2.45, 2.75) is 77.2 Å². The molecule has 0 aromatic carbocycles. The largest absolute Gasteiger partial charge is 0.388 e. The minimum atomic E-state index is -0.756. The van der Waals surface area contributed by atoms with E-state index in [-0.39, 0.29) is 5.91 Å². The van der Waals surface area contributed by atoms with Crippen molar-refractivity contribution in [3.63, 3.8) is 0 Å². The van der Waals surface area contributed by atoms with Gasteiger partial charge in [-0.05, 0) is 32.1 Å². The van der Waals surface area contributed by atoms with Crippen LogP contribution >= 0.6 is 0 Å².